The van der Waals surface area contributed by atoms with Crippen molar-refractivity contribution in [1.29, 1.82) is 0 Å². The van der Waals surface area contributed by atoms with E-state index in [-0.39, 0.29) is 0 Å². The van der Waals surface area contributed by atoms with Crippen LogP contribution >= 0.6 is 38.9 Å². The van der Waals surface area contributed by atoms with Gasteiger partial charge in [-0.05, 0) is 41.4 Å². The fourth-order valence-corrected chi connectivity index (χ4v) is 7.15. The number of piperazine rings is 1. The molecule has 112 valence electrons. The molecule has 2 aliphatic rings. The van der Waals surface area contributed by atoms with Gasteiger partial charge in [0.05, 0.1) is 9.67 Å². The lowest BCUT2D eigenvalue weighted by Crippen LogP contribution is -2.51. The van der Waals surface area contributed by atoms with Crippen molar-refractivity contribution < 1.29 is 8.42 Å². The highest BCUT2D eigenvalue weighted by Crippen LogP contribution is 2.35. The third-order valence-corrected chi connectivity index (χ3v) is 8.57. The molecule has 1 unspecified atom stereocenters. The maximum Gasteiger partial charge on any atom is 0.245 e. The minimum Gasteiger partial charge on any atom is -0.298 e. The molecule has 0 aliphatic carbocycles. The van der Waals surface area contributed by atoms with Crippen molar-refractivity contribution in [1.82, 2.24) is 9.21 Å². The zero-order valence-electron chi connectivity index (χ0n) is 10.9. The molecular formula is C12H16BrClN2O2S2. The van der Waals surface area contributed by atoms with Crippen LogP contribution in [0.25, 0.3) is 0 Å². The van der Waals surface area contributed by atoms with E-state index in [1.165, 1.54) is 17.8 Å². The summed E-state index contributed by atoms with van der Waals surface area (Å²) in [7, 11) is -3.41. The predicted molar refractivity (Wildman–Crippen MR) is 84.9 cm³/mol. The highest BCUT2D eigenvalue weighted by atomic mass is 79.9. The number of fused-ring (bicyclic) bond motifs is 1. The van der Waals surface area contributed by atoms with Crippen LogP contribution in [0, 0.1) is 0 Å². The highest BCUT2D eigenvalue weighted by molar-refractivity contribution is 9.11. The van der Waals surface area contributed by atoms with Gasteiger partial charge < -0.3 is 0 Å². The minimum absolute atomic E-state index is 0.342. The van der Waals surface area contributed by atoms with Crippen molar-refractivity contribution in [3.63, 3.8) is 0 Å². The molecule has 3 heterocycles. The molecule has 0 bridgehead atoms. The van der Waals surface area contributed by atoms with Gasteiger partial charge in [0.15, 0.2) is 0 Å². The predicted octanol–water partition coefficient (Wildman–Crippen LogP) is 2.72. The zero-order chi connectivity index (χ0) is 14.3. The quantitative estimate of drug-likeness (QED) is 0.734. The molecule has 2 fully saturated rings. The summed E-state index contributed by atoms with van der Waals surface area (Å²) < 4.78 is 27.8. The van der Waals surface area contributed by atoms with Crippen molar-refractivity contribution in [2.75, 3.05) is 26.2 Å². The number of thiophene rings is 1. The summed E-state index contributed by atoms with van der Waals surface area (Å²) in [6, 6.07) is 2.08. The van der Waals surface area contributed by atoms with Crippen LogP contribution in [0.2, 0.25) is 0 Å². The zero-order valence-corrected chi connectivity index (χ0v) is 14.9. The third-order valence-electron chi connectivity index (χ3n) is 4.01. The number of rotatable bonds is 3. The van der Waals surface area contributed by atoms with E-state index in [1.54, 1.807) is 10.4 Å². The molecule has 1 aromatic rings. The largest absolute Gasteiger partial charge is 0.298 e. The molecule has 4 nitrogen and oxygen atoms in total. The molecule has 0 aromatic carbocycles. The van der Waals surface area contributed by atoms with Crippen LogP contribution in [-0.2, 0) is 15.9 Å². The maximum atomic E-state index is 12.8. The van der Waals surface area contributed by atoms with Gasteiger partial charge in [-0.15, -0.1) is 22.9 Å². The summed E-state index contributed by atoms with van der Waals surface area (Å²) in [5.41, 5.74) is 0. The monoisotopic (exact) mass is 398 g/mol. The molecule has 3 rings (SSSR count). The third kappa shape index (κ3) is 2.68. The second-order valence-electron chi connectivity index (χ2n) is 5.18. The Labute approximate surface area is 136 Å². The molecule has 0 radical (unpaired) electrons. The van der Waals surface area contributed by atoms with E-state index < -0.39 is 10.0 Å². The van der Waals surface area contributed by atoms with E-state index >= 15 is 0 Å². The Balaban J connectivity index is 1.86. The summed E-state index contributed by atoms with van der Waals surface area (Å²) in [6.45, 7) is 3.14. The number of sulfonamides is 1. The van der Waals surface area contributed by atoms with E-state index in [0.29, 0.717) is 33.7 Å². The Bertz CT molecular complexity index is 605. The second kappa shape index (κ2) is 5.85. The van der Waals surface area contributed by atoms with Crippen LogP contribution in [0.5, 0.6) is 0 Å². The van der Waals surface area contributed by atoms with Crippen molar-refractivity contribution >= 4 is 48.9 Å². The first kappa shape index (κ1) is 15.2. The standard InChI is InChI=1S/C12H16BrClN2O2S2/c13-12-11(6-10(7-14)19-12)20(17,18)16-5-4-15-3-1-2-9(15)8-16/h6,9H,1-5,7-8H2. The highest BCUT2D eigenvalue weighted by Gasteiger charge is 2.37. The molecule has 1 atom stereocenters. The van der Waals surface area contributed by atoms with Gasteiger partial charge in [0.25, 0.3) is 0 Å². The average molecular weight is 400 g/mol. The Kier molecular flexibility index (Phi) is 4.46. The Morgan fingerprint density at radius 1 is 1.40 bits per heavy atom. The summed E-state index contributed by atoms with van der Waals surface area (Å²) in [4.78, 5) is 3.64. The van der Waals surface area contributed by atoms with E-state index in [2.05, 4.69) is 20.8 Å². The lowest BCUT2D eigenvalue weighted by molar-refractivity contribution is 0.158. The van der Waals surface area contributed by atoms with Crippen LogP contribution in [0.1, 0.15) is 17.7 Å². The fourth-order valence-electron chi connectivity index (χ4n) is 2.96. The van der Waals surface area contributed by atoms with Gasteiger partial charge in [-0.2, -0.15) is 4.31 Å². The topological polar surface area (TPSA) is 40.6 Å². The van der Waals surface area contributed by atoms with Crippen molar-refractivity contribution in [3.8, 4) is 0 Å². The molecule has 0 amide bonds. The molecular weight excluding hydrogens is 384 g/mol. The molecule has 2 aliphatic heterocycles. The van der Waals surface area contributed by atoms with Crippen LogP contribution in [0.3, 0.4) is 0 Å². The van der Waals surface area contributed by atoms with E-state index in [9.17, 15) is 8.42 Å². The van der Waals surface area contributed by atoms with Crippen molar-refractivity contribution in [3.05, 3.63) is 14.7 Å². The summed E-state index contributed by atoms with van der Waals surface area (Å²) in [6.07, 6.45) is 2.28. The van der Waals surface area contributed by atoms with Gasteiger partial charge in [0.2, 0.25) is 10.0 Å². The summed E-state index contributed by atoms with van der Waals surface area (Å²) >= 11 is 10.5. The lowest BCUT2D eigenvalue weighted by Gasteiger charge is -2.36. The van der Waals surface area contributed by atoms with Gasteiger partial charge in [0, 0.05) is 30.6 Å². The van der Waals surface area contributed by atoms with Crippen LogP contribution in [0.4, 0.5) is 0 Å². The van der Waals surface area contributed by atoms with E-state index in [4.69, 9.17) is 11.6 Å². The number of halogens is 2. The number of hydrogen-bond donors (Lipinski definition) is 0. The Hall–Kier alpha value is 0.340. The second-order valence-corrected chi connectivity index (χ2v) is 9.81. The number of alkyl halides is 1. The SMILES string of the molecule is O=S(=O)(c1cc(CCl)sc1Br)N1CCN2CCCC2C1. The fraction of sp³-hybridized carbons (Fsp3) is 0.667. The number of nitrogens with zero attached hydrogens (tertiary/aromatic N) is 2. The maximum absolute atomic E-state index is 12.8. The van der Waals surface area contributed by atoms with Gasteiger partial charge in [-0.1, -0.05) is 0 Å². The van der Waals surface area contributed by atoms with Gasteiger partial charge >= 0.3 is 0 Å². The molecule has 1 aromatic heterocycles. The summed E-state index contributed by atoms with van der Waals surface area (Å²) in [5.74, 6) is 0.342. The lowest BCUT2D eigenvalue weighted by atomic mass is 10.2. The molecule has 8 heteroatoms. The minimum atomic E-state index is -3.41. The summed E-state index contributed by atoms with van der Waals surface area (Å²) in [5, 5.41) is 0. The van der Waals surface area contributed by atoms with Crippen LogP contribution in [-0.4, -0.2) is 49.8 Å². The first-order chi connectivity index (χ1) is 9.52. The van der Waals surface area contributed by atoms with Crippen molar-refractivity contribution in [2.45, 2.75) is 29.7 Å². The first-order valence-corrected chi connectivity index (χ1v) is 10.2. The van der Waals surface area contributed by atoms with Crippen LogP contribution < -0.4 is 0 Å². The first-order valence-electron chi connectivity index (χ1n) is 6.61. The smallest absolute Gasteiger partial charge is 0.245 e. The molecule has 0 spiro atoms. The molecule has 20 heavy (non-hydrogen) atoms. The van der Waals surface area contributed by atoms with Gasteiger partial charge in [-0.25, -0.2) is 8.42 Å². The Morgan fingerprint density at radius 3 is 2.90 bits per heavy atom. The normalized spacial score (nSPS) is 25.0. The van der Waals surface area contributed by atoms with E-state index in [0.717, 1.165) is 24.4 Å². The van der Waals surface area contributed by atoms with E-state index in [1.807, 2.05) is 0 Å². The molecule has 2 saturated heterocycles. The van der Waals surface area contributed by atoms with Crippen LogP contribution in [0.15, 0.2) is 14.7 Å². The van der Waals surface area contributed by atoms with Crippen molar-refractivity contribution in [2.24, 2.45) is 0 Å². The van der Waals surface area contributed by atoms with Gasteiger partial charge in [0.1, 0.15) is 4.90 Å². The number of hydrogen-bond acceptors (Lipinski definition) is 4. The van der Waals surface area contributed by atoms with Gasteiger partial charge in [-0.3, -0.25) is 4.90 Å². The Morgan fingerprint density at radius 2 is 2.20 bits per heavy atom. The molecule has 0 N–H and O–H groups in total. The molecule has 0 saturated carbocycles. The average Bonchev–Trinajstić information content (AvgIpc) is 3.03.